The second kappa shape index (κ2) is 6.24. The van der Waals surface area contributed by atoms with Crippen molar-refractivity contribution in [2.24, 2.45) is 0 Å². The van der Waals surface area contributed by atoms with Crippen LogP contribution in [-0.4, -0.2) is 12.0 Å². The van der Waals surface area contributed by atoms with Crippen molar-refractivity contribution in [3.05, 3.63) is 45.7 Å². The minimum Gasteiger partial charge on any atom is -0.315 e. The lowest BCUT2D eigenvalue weighted by molar-refractivity contribution is 0.626. The number of aromatic nitrogens is 1. The molecular formula is C15H17FN2S2. The van der Waals surface area contributed by atoms with Gasteiger partial charge in [0.05, 0.1) is 11.4 Å². The van der Waals surface area contributed by atoms with E-state index in [1.807, 2.05) is 19.2 Å². The second-order valence-electron chi connectivity index (χ2n) is 4.96. The Morgan fingerprint density at radius 1 is 1.35 bits per heavy atom. The van der Waals surface area contributed by atoms with E-state index in [4.69, 9.17) is 4.98 Å². The molecule has 1 aliphatic rings. The molecular weight excluding hydrogens is 291 g/mol. The smallest absolute Gasteiger partial charge is 0.123 e. The van der Waals surface area contributed by atoms with Gasteiger partial charge in [0, 0.05) is 22.2 Å². The molecule has 3 rings (SSSR count). The van der Waals surface area contributed by atoms with Crippen LogP contribution in [0.5, 0.6) is 0 Å². The molecule has 1 fully saturated rings. The normalized spacial score (nSPS) is 14.7. The Bertz CT molecular complexity index is 576. The molecule has 5 heteroatoms. The van der Waals surface area contributed by atoms with Crippen LogP contribution in [0, 0.1) is 5.82 Å². The standard InChI is InChI=1S/C15H17FN2S2/c1-17-8-13-15(10-2-3-10)18-14(20-13)9-19-12-6-4-11(16)5-7-12/h4-7,10,17H,2-3,8-9H2,1H3. The Morgan fingerprint density at radius 3 is 2.75 bits per heavy atom. The van der Waals surface area contributed by atoms with Crippen LogP contribution in [0.1, 0.15) is 34.3 Å². The van der Waals surface area contributed by atoms with Gasteiger partial charge in [0.2, 0.25) is 0 Å². The van der Waals surface area contributed by atoms with Crippen molar-refractivity contribution in [3.8, 4) is 0 Å². The zero-order valence-corrected chi connectivity index (χ0v) is 13.0. The second-order valence-corrected chi connectivity index (χ2v) is 7.18. The molecule has 1 N–H and O–H groups in total. The highest BCUT2D eigenvalue weighted by Gasteiger charge is 2.29. The lowest BCUT2D eigenvalue weighted by Gasteiger charge is -1.98. The maximum Gasteiger partial charge on any atom is 0.123 e. The van der Waals surface area contributed by atoms with Gasteiger partial charge in [-0.1, -0.05) is 0 Å². The highest BCUT2D eigenvalue weighted by atomic mass is 32.2. The van der Waals surface area contributed by atoms with E-state index in [9.17, 15) is 4.39 Å². The quantitative estimate of drug-likeness (QED) is 0.811. The van der Waals surface area contributed by atoms with Gasteiger partial charge in [-0.05, 0) is 44.2 Å². The third kappa shape index (κ3) is 3.40. The summed E-state index contributed by atoms with van der Waals surface area (Å²) in [4.78, 5) is 7.27. The van der Waals surface area contributed by atoms with Crippen molar-refractivity contribution < 1.29 is 4.39 Å². The van der Waals surface area contributed by atoms with Gasteiger partial charge < -0.3 is 5.32 Å². The van der Waals surface area contributed by atoms with Crippen LogP contribution in [0.2, 0.25) is 0 Å². The molecule has 0 saturated heterocycles. The summed E-state index contributed by atoms with van der Waals surface area (Å²) in [6.07, 6.45) is 2.57. The average Bonchev–Trinajstić information content (AvgIpc) is 3.21. The SMILES string of the molecule is CNCc1sc(CSc2ccc(F)cc2)nc1C1CC1. The fourth-order valence-corrected chi connectivity index (χ4v) is 4.17. The average molecular weight is 308 g/mol. The fraction of sp³-hybridized carbons (Fsp3) is 0.400. The van der Waals surface area contributed by atoms with Gasteiger partial charge in [-0.2, -0.15) is 0 Å². The Hall–Kier alpha value is -0.910. The number of hydrogen-bond acceptors (Lipinski definition) is 4. The van der Waals surface area contributed by atoms with Crippen LogP contribution in [-0.2, 0) is 12.3 Å². The van der Waals surface area contributed by atoms with Gasteiger partial charge in [0.15, 0.2) is 0 Å². The molecule has 0 unspecified atom stereocenters. The summed E-state index contributed by atoms with van der Waals surface area (Å²) in [5.41, 5.74) is 1.30. The predicted molar refractivity (Wildman–Crippen MR) is 82.8 cm³/mol. The number of benzene rings is 1. The lowest BCUT2D eigenvalue weighted by Crippen LogP contribution is -2.05. The van der Waals surface area contributed by atoms with Crippen LogP contribution in [0.3, 0.4) is 0 Å². The van der Waals surface area contributed by atoms with E-state index in [2.05, 4.69) is 5.32 Å². The Kier molecular flexibility index (Phi) is 4.38. The monoisotopic (exact) mass is 308 g/mol. The Labute approximate surface area is 126 Å². The molecule has 2 nitrogen and oxygen atoms in total. The molecule has 0 bridgehead atoms. The minimum absolute atomic E-state index is 0.184. The number of thiazole rings is 1. The van der Waals surface area contributed by atoms with Crippen molar-refractivity contribution in [3.63, 3.8) is 0 Å². The molecule has 0 atom stereocenters. The third-order valence-electron chi connectivity index (χ3n) is 3.25. The summed E-state index contributed by atoms with van der Waals surface area (Å²) in [6.45, 7) is 0.907. The first-order valence-corrected chi connectivity index (χ1v) is 8.58. The number of thioether (sulfide) groups is 1. The van der Waals surface area contributed by atoms with E-state index < -0.39 is 0 Å². The first-order valence-electron chi connectivity index (χ1n) is 6.77. The van der Waals surface area contributed by atoms with E-state index in [0.717, 1.165) is 17.2 Å². The third-order valence-corrected chi connectivity index (χ3v) is 5.53. The highest BCUT2D eigenvalue weighted by molar-refractivity contribution is 7.98. The van der Waals surface area contributed by atoms with E-state index in [-0.39, 0.29) is 5.82 Å². The highest BCUT2D eigenvalue weighted by Crippen LogP contribution is 2.43. The Balaban J connectivity index is 1.67. The minimum atomic E-state index is -0.184. The van der Waals surface area contributed by atoms with E-state index in [1.54, 1.807) is 23.1 Å². The van der Waals surface area contributed by atoms with Crippen molar-refractivity contribution in [2.75, 3.05) is 7.05 Å². The molecule has 0 amide bonds. The van der Waals surface area contributed by atoms with Gasteiger partial charge in [-0.15, -0.1) is 23.1 Å². The van der Waals surface area contributed by atoms with Crippen LogP contribution < -0.4 is 5.32 Å². The number of halogens is 1. The van der Waals surface area contributed by atoms with Gasteiger partial charge >= 0.3 is 0 Å². The Morgan fingerprint density at radius 2 is 2.10 bits per heavy atom. The molecule has 1 aromatic carbocycles. The molecule has 0 spiro atoms. The largest absolute Gasteiger partial charge is 0.315 e. The van der Waals surface area contributed by atoms with Crippen LogP contribution in [0.25, 0.3) is 0 Å². The summed E-state index contributed by atoms with van der Waals surface area (Å²) in [5.74, 6) is 1.37. The fourth-order valence-electron chi connectivity index (χ4n) is 2.11. The van der Waals surface area contributed by atoms with Gasteiger partial charge in [-0.25, -0.2) is 9.37 Å². The van der Waals surface area contributed by atoms with Crippen molar-refractivity contribution in [1.82, 2.24) is 10.3 Å². The van der Waals surface area contributed by atoms with Crippen molar-refractivity contribution in [2.45, 2.75) is 36.0 Å². The van der Waals surface area contributed by atoms with Crippen LogP contribution >= 0.6 is 23.1 Å². The predicted octanol–water partition coefficient (Wildman–Crippen LogP) is 4.17. The summed E-state index contributed by atoms with van der Waals surface area (Å²) < 4.78 is 12.9. The lowest BCUT2D eigenvalue weighted by atomic mass is 10.2. The topological polar surface area (TPSA) is 24.9 Å². The number of nitrogens with zero attached hydrogens (tertiary/aromatic N) is 1. The molecule has 0 radical (unpaired) electrons. The summed E-state index contributed by atoms with van der Waals surface area (Å²) in [5, 5.41) is 4.40. The molecule has 1 heterocycles. The molecule has 2 aromatic rings. The molecule has 0 aliphatic heterocycles. The van der Waals surface area contributed by atoms with E-state index >= 15 is 0 Å². The summed E-state index contributed by atoms with van der Waals surface area (Å²) in [7, 11) is 1.98. The van der Waals surface area contributed by atoms with Gasteiger partial charge in [0.1, 0.15) is 10.8 Å². The number of nitrogens with one attached hydrogen (secondary N) is 1. The van der Waals surface area contributed by atoms with Crippen LogP contribution in [0.15, 0.2) is 29.2 Å². The summed E-state index contributed by atoms with van der Waals surface area (Å²) in [6, 6.07) is 6.66. The molecule has 1 aromatic heterocycles. The van der Waals surface area contributed by atoms with Gasteiger partial charge in [0.25, 0.3) is 0 Å². The van der Waals surface area contributed by atoms with Crippen LogP contribution in [0.4, 0.5) is 4.39 Å². The maximum absolute atomic E-state index is 12.9. The first kappa shape index (κ1) is 14.0. The van der Waals surface area contributed by atoms with E-state index in [1.165, 1.54) is 40.6 Å². The molecule has 1 aliphatic carbocycles. The zero-order valence-electron chi connectivity index (χ0n) is 11.4. The van der Waals surface area contributed by atoms with E-state index in [0.29, 0.717) is 5.92 Å². The molecule has 20 heavy (non-hydrogen) atoms. The maximum atomic E-state index is 12.9. The molecule has 106 valence electrons. The van der Waals surface area contributed by atoms with Crippen molar-refractivity contribution in [1.29, 1.82) is 0 Å². The molecule has 1 saturated carbocycles. The zero-order chi connectivity index (χ0) is 13.9. The van der Waals surface area contributed by atoms with Crippen molar-refractivity contribution >= 4 is 23.1 Å². The van der Waals surface area contributed by atoms with Gasteiger partial charge in [-0.3, -0.25) is 0 Å². The number of rotatable bonds is 6. The summed E-state index contributed by atoms with van der Waals surface area (Å²) >= 11 is 3.52. The first-order chi connectivity index (χ1) is 9.76. The number of hydrogen-bond donors (Lipinski definition) is 1.